The van der Waals surface area contributed by atoms with E-state index in [2.05, 4.69) is 126 Å². The van der Waals surface area contributed by atoms with Gasteiger partial charge in [-0.05, 0) is 56.4 Å². The minimum absolute atomic E-state index is 1.18. The van der Waals surface area contributed by atoms with Crippen LogP contribution in [0.5, 0.6) is 0 Å². The lowest BCUT2D eigenvalue weighted by atomic mass is 9.91. The molecule has 0 spiro atoms. The average Bonchev–Trinajstić information content (AvgIpc) is 3.27. The number of hydrogen-bond donors (Lipinski definition) is 1. The van der Waals surface area contributed by atoms with E-state index in [1.807, 2.05) is 0 Å². The van der Waals surface area contributed by atoms with E-state index < -0.39 is 0 Å². The molecule has 0 atom stereocenters. The van der Waals surface area contributed by atoms with Crippen molar-refractivity contribution >= 4 is 43.4 Å². The van der Waals surface area contributed by atoms with Crippen LogP contribution in [0.25, 0.3) is 65.6 Å². The Balaban J connectivity index is 1.48. The van der Waals surface area contributed by atoms with Crippen molar-refractivity contribution in [3.05, 3.63) is 121 Å². The second-order valence-corrected chi connectivity index (χ2v) is 8.67. The first-order valence-electron chi connectivity index (χ1n) is 11.4. The van der Waals surface area contributed by atoms with Crippen LogP contribution in [0, 0.1) is 0 Å². The zero-order valence-electron chi connectivity index (χ0n) is 18.0. The summed E-state index contributed by atoms with van der Waals surface area (Å²) in [7, 11) is 0. The van der Waals surface area contributed by atoms with E-state index in [1.54, 1.807) is 0 Å². The molecule has 0 amide bonds. The Morgan fingerprint density at radius 3 is 1.91 bits per heavy atom. The summed E-state index contributed by atoms with van der Waals surface area (Å²) < 4.78 is 0. The van der Waals surface area contributed by atoms with E-state index in [-0.39, 0.29) is 0 Å². The Labute approximate surface area is 191 Å². The molecule has 0 aliphatic heterocycles. The van der Waals surface area contributed by atoms with Crippen LogP contribution in [-0.2, 0) is 0 Å². The van der Waals surface area contributed by atoms with E-state index in [0.29, 0.717) is 0 Å². The third-order valence-corrected chi connectivity index (χ3v) is 6.79. The molecule has 33 heavy (non-hydrogen) atoms. The molecule has 6 aromatic carbocycles. The Bertz CT molecular complexity index is 1820. The Morgan fingerprint density at radius 2 is 1.03 bits per heavy atom. The number of fused-ring (bicyclic) bond motifs is 6. The number of para-hydroxylation sites is 2. The molecule has 0 aliphatic rings. The van der Waals surface area contributed by atoms with Gasteiger partial charge in [0, 0.05) is 21.9 Å². The van der Waals surface area contributed by atoms with Gasteiger partial charge in [0.25, 0.3) is 0 Å². The Kier molecular flexibility index (Phi) is 3.91. The molecular weight excluding hydrogens is 398 g/mol. The molecular formula is C32H21N. The molecule has 1 heterocycles. The van der Waals surface area contributed by atoms with Gasteiger partial charge in [-0.2, -0.15) is 0 Å². The molecule has 1 heteroatoms. The predicted molar refractivity (Wildman–Crippen MR) is 142 cm³/mol. The van der Waals surface area contributed by atoms with Crippen molar-refractivity contribution in [2.45, 2.75) is 0 Å². The van der Waals surface area contributed by atoms with Gasteiger partial charge in [0.15, 0.2) is 0 Å². The summed E-state index contributed by atoms with van der Waals surface area (Å²) in [5, 5.41) is 7.70. The minimum Gasteiger partial charge on any atom is -0.354 e. The SMILES string of the molecule is c1cc(-c2cc3ccccc3c3ccccc23)cc(-c2cccc3c2[nH]c2ccccc23)c1. The normalized spacial score (nSPS) is 11.6. The van der Waals surface area contributed by atoms with Gasteiger partial charge in [0.2, 0.25) is 0 Å². The number of aromatic nitrogens is 1. The predicted octanol–water partition coefficient (Wildman–Crippen LogP) is 8.96. The van der Waals surface area contributed by atoms with Crippen molar-refractivity contribution in [3.63, 3.8) is 0 Å². The van der Waals surface area contributed by atoms with E-state index >= 15 is 0 Å². The highest BCUT2D eigenvalue weighted by Gasteiger charge is 2.12. The molecule has 0 fully saturated rings. The van der Waals surface area contributed by atoms with Gasteiger partial charge in [0.1, 0.15) is 0 Å². The van der Waals surface area contributed by atoms with Gasteiger partial charge in [-0.3, -0.25) is 0 Å². The first-order chi connectivity index (χ1) is 16.4. The summed E-state index contributed by atoms with van der Waals surface area (Å²) in [5.74, 6) is 0. The topological polar surface area (TPSA) is 15.8 Å². The second kappa shape index (κ2) is 7.08. The summed E-state index contributed by atoms with van der Waals surface area (Å²) in [5.41, 5.74) is 7.34. The number of nitrogens with one attached hydrogen (secondary N) is 1. The second-order valence-electron chi connectivity index (χ2n) is 8.67. The van der Waals surface area contributed by atoms with E-state index in [0.717, 1.165) is 0 Å². The van der Waals surface area contributed by atoms with Gasteiger partial charge in [-0.25, -0.2) is 0 Å². The van der Waals surface area contributed by atoms with Crippen molar-refractivity contribution in [2.24, 2.45) is 0 Å². The minimum atomic E-state index is 1.18. The van der Waals surface area contributed by atoms with Crippen molar-refractivity contribution in [3.8, 4) is 22.3 Å². The maximum atomic E-state index is 3.66. The number of aromatic amines is 1. The van der Waals surface area contributed by atoms with Crippen LogP contribution in [0.2, 0.25) is 0 Å². The lowest BCUT2D eigenvalue weighted by Gasteiger charge is -2.12. The van der Waals surface area contributed by atoms with Gasteiger partial charge >= 0.3 is 0 Å². The van der Waals surface area contributed by atoms with Crippen LogP contribution < -0.4 is 0 Å². The van der Waals surface area contributed by atoms with Gasteiger partial charge in [0.05, 0.1) is 5.52 Å². The fourth-order valence-electron chi connectivity index (χ4n) is 5.26. The Hall–Kier alpha value is -4.36. The molecule has 0 saturated carbocycles. The summed E-state index contributed by atoms with van der Waals surface area (Å²) >= 11 is 0. The van der Waals surface area contributed by atoms with Crippen molar-refractivity contribution in [1.82, 2.24) is 4.98 Å². The molecule has 0 aliphatic carbocycles. The fourth-order valence-corrected chi connectivity index (χ4v) is 5.26. The van der Waals surface area contributed by atoms with Gasteiger partial charge < -0.3 is 4.98 Å². The first kappa shape index (κ1) is 18.2. The smallest absolute Gasteiger partial charge is 0.0544 e. The number of benzene rings is 6. The molecule has 154 valence electrons. The zero-order chi connectivity index (χ0) is 21.8. The average molecular weight is 420 g/mol. The molecule has 1 nitrogen and oxygen atoms in total. The summed E-state index contributed by atoms with van der Waals surface area (Å²) in [6.07, 6.45) is 0. The molecule has 7 rings (SSSR count). The van der Waals surface area contributed by atoms with Gasteiger partial charge in [-0.15, -0.1) is 0 Å². The van der Waals surface area contributed by atoms with E-state index in [9.17, 15) is 0 Å². The number of hydrogen-bond acceptors (Lipinski definition) is 0. The standard InChI is InChI=1S/C32H21N/c1-2-12-24-23(9-1)20-30(27-14-4-3-13-26(24)27)22-11-7-10-21(19-22)25-16-8-17-29-28-15-5-6-18-31(28)33-32(25)29/h1-20,33H. The number of rotatable bonds is 2. The summed E-state index contributed by atoms with van der Waals surface area (Å²) in [6.45, 7) is 0. The third-order valence-electron chi connectivity index (χ3n) is 6.79. The lowest BCUT2D eigenvalue weighted by Crippen LogP contribution is -1.86. The van der Waals surface area contributed by atoms with Crippen LogP contribution in [0.4, 0.5) is 0 Å². The van der Waals surface area contributed by atoms with Crippen LogP contribution >= 0.6 is 0 Å². The zero-order valence-corrected chi connectivity index (χ0v) is 18.0. The molecule has 0 bridgehead atoms. The molecule has 0 saturated heterocycles. The van der Waals surface area contributed by atoms with Gasteiger partial charge in [-0.1, -0.05) is 103 Å². The maximum Gasteiger partial charge on any atom is 0.0544 e. The quantitative estimate of drug-likeness (QED) is 0.269. The van der Waals surface area contributed by atoms with E-state index in [1.165, 1.54) is 65.6 Å². The molecule has 1 N–H and O–H groups in total. The highest BCUT2D eigenvalue weighted by atomic mass is 14.7. The molecule has 7 aromatic rings. The first-order valence-corrected chi connectivity index (χ1v) is 11.4. The van der Waals surface area contributed by atoms with E-state index in [4.69, 9.17) is 0 Å². The Morgan fingerprint density at radius 1 is 0.394 bits per heavy atom. The molecule has 0 radical (unpaired) electrons. The lowest BCUT2D eigenvalue weighted by molar-refractivity contribution is 1.53. The summed E-state index contributed by atoms with van der Waals surface area (Å²) in [4.78, 5) is 3.66. The monoisotopic (exact) mass is 419 g/mol. The largest absolute Gasteiger partial charge is 0.354 e. The molecule has 0 unspecified atom stereocenters. The summed E-state index contributed by atoms with van der Waals surface area (Å²) in [6, 6.07) is 43.8. The van der Waals surface area contributed by atoms with Crippen LogP contribution in [0.15, 0.2) is 121 Å². The third kappa shape index (κ3) is 2.79. The maximum absolute atomic E-state index is 3.66. The number of H-pyrrole nitrogens is 1. The molecule has 1 aromatic heterocycles. The van der Waals surface area contributed by atoms with Crippen LogP contribution in [0.1, 0.15) is 0 Å². The highest BCUT2D eigenvalue weighted by Crippen LogP contribution is 2.38. The highest BCUT2D eigenvalue weighted by molar-refractivity contribution is 6.14. The fraction of sp³-hybridized carbons (Fsp3) is 0. The van der Waals surface area contributed by atoms with Crippen molar-refractivity contribution in [1.29, 1.82) is 0 Å². The van der Waals surface area contributed by atoms with Crippen molar-refractivity contribution < 1.29 is 0 Å². The van der Waals surface area contributed by atoms with Crippen LogP contribution in [-0.4, -0.2) is 4.98 Å². The van der Waals surface area contributed by atoms with Crippen LogP contribution in [0.3, 0.4) is 0 Å². The van der Waals surface area contributed by atoms with Crippen molar-refractivity contribution in [2.75, 3.05) is 0 Å².